The van der Waals surface area contributed by atoms with Crippen molar-refractivity contribution in [3.63, 3.8) is 0 Å². The summed E-state index contributed by atoms with van der Waals surface area (Å²) in [6.45, 7) is 4.14. The van der Waals surface area contributed by atoms with Crippen molar-refractivity contribution in [1.82, 2.24) is 14.9 Å². The van der Waals surface area contributed by atoms with E-state index in [0.717, 1.165) is 41.9 Å². The smallest absolute Gasteiger partial charge is 0.240 e. The summed E-state index contributed by atoms with van der Waals surface area (Å²) >= 11 is 1.37. The molecule has 0 unspecified atom stereocenters. The van der Waals surface area contributed by atoms with Gasteiger partial charge in [-0.2, -0.15) is 0 Å². The number of benzene rings is 2. The van der Waals surface area contributed by atoms with Gasteiger partial charge in [0, 0.05) is 12.1 Å². The highest BCUT2D eigenvalue weighted by Gasteiger charge is 2.37. The van der Waals surface area contributed by atoms with Crippen LogP contribution in [0.1, 0.15) is 43.3 Å². The average Bonchev–Trinajstić information content (AvgIpc) is 3.16. The van der Waals surface area contributed by atoms with Crippen molar-refractivity contribution in [3.05, 3.63) is 71.3 Å². The van der Waals surface area contributed by atoms with E-state index in [1.165, 1.54) is 23.9 Å². The number of para-hydroxylation sites is 1. The Kier molecular flexibility index (Phi) is 6.03. The van der Waals surface area contributed by atoms with Crippen LogP contribution in [0.5, 0.6) is 0 Å². The minimum atomic E-state index is -0.494. The Morgan fingerprint density at radius 1 is 1.17 bits per heavy atom. The molecule has 0 radical (unpaired) electrons. The minimum Gasteiger partial charge on any atom is -0.325 e. The molecule has 1 amide bonds. The predicted octanol–water partition coefficient (Wildman–Crippen LogP) is 4.33. The Labute approximate surface area is 179 Å². The van der Waals surface area contributed by atoms with Crippen LogP contribution in [0.2, 0.25) is 0 Å². The first-order valence-electron chi connectivity index (χ1n) is 10.1. The number of hydrogen-bond donors (Lipinski definition) is 2. The largest absolute Gasteiger partial charge is 0.325 e. The monoisotopic (exact) mass is 425 g/mol. The molecule has 1 aliphatic rings. The molecule has 2 aromatic carbocycles. The number of thioether (sulfide) groups is 1. The molecule has 6 nitrogen and oxygen atoms in total. The van der Waals surface area contributed by atoms with Crippen molar-refractivity contribution >= 4 is 23.4 Å². The molecule has 0 aliphatic carbocycles. The summed E-state index contributed by atoms with van der Waals surface area (Å²) in [5, 5.41) is 11.8. The van der Waals surface area contributed by atoms with Gasteiger partial charge in [-0.05, 0) is 42.2 Å². The first-order valence-corrected chi connectivity index (χ1v) is 11.0. The highest BCUT2D eigenvalue weighted by atomic mass is 32.2. The van der Waals surface area contributed by atoms with Gasteiger partial charge >= 0.3 is 0 Å². The molecule has 3 aromatic rings. The van der Waals surface area contributed by atoms with Gasteiger partial charge < -0.3 is 10.7 Å². The molecule has 8 heteroatoms. The zero-order valence-corrected chi connectivity index (χ0v) is 17.7. The molecular formula is C22H24FN5OS. The van der Waals surface area contributed by atoms with Crippen LogP contribution in [0.25, 0.3) is 0 Å². The van der Waals surface area contributed by atoms with E-state index in [4.69, 9.17) is 0 Å². The molecule has 1 aromatic heterocycles. The minimum absolute atomic E-state index is 0.131. The second-order valence-electron chi connectivity index (χ2n) is 7.18. The number of aromatic nitrogens is 3. The van der Waals surface area contributed by atoms with E-state index in [2.05, 4.69) is 34.8 Å². The molecule has 0 bridgehead atoms. The molecule has 1 aliphatic heterocycles. The van der Waals surface area contributed by atoms with Crippen molar-refractivity contribution in [2.45, 2.75) is 49.6 Å². The summed E-state index contributed by atoms with van der Waals surface area (Å²) in [6, 6.07) is 13.7. The Hall–Kier alpha value is -2.87. The number of amides is 1. The number of carbonyl (C=O) groups excluding carboxylic acids is 1. The molecule has 0 fully saturated rings. The van der Waals surface area contributed by atoms with Crippen molar-refractivity contribution in [2.24, 2.45) is 0 Å². The standard InChI is InChI=1S/C22H24FN5OS/c1-3-7-18-25-26-22-28(18)27-19(15-10-12-16(23)13-11-15)20(30-22)21(29)24-17-9-6-5-8-14(17)4-2/h5-6,8-13,19-20,27H,3-4,7H2,1-2H3,(H,24,29)/t19-,20+/m0/s1. The van der Waals surface area contributed by atoms with E-state index in [0.29, 0.717) is 5.16 Å². The highest BCUT2D eigenvalue weighted by Crippen LogP contribution is 2.38. The fraction of sp³-hybridized carbons (Fsp3) is 0.318. The van der Waals surface area contributed by atoms with Crippen molar-refractivity contribution in [1.29, 1.82) is 0 Å². The number of carbonyl (C=O) groups is 1. The molecule has 0 spiro atoms. The van der Waals surface area contributed by atoms with Crippen molar-refractivity contribution in [2.75, 3.05) is 10.7 Å². The van der Waals surface area contributed by atoms with E-state index < -0.39 is 5.25 Å². The Morgan fingerprint density at radius 2 is 1.93 bits per heavy atom. The number of nitrogens with one attached hydrogen (secondary N) is 2. The summed E-state index contributed by atoms with van der Waals surface area (Å²) < 4.78 is 15.4. The fourth-order valence-corrected chi connectivity index (χ4v) is 4.66. The summed E-state index contributed by atoms with van der Waals surface area (Å²) in [6.07, 6.45) is 2.53. The molecular weight excluding hydrogens is 401 g/mol. The van der Waals surface area contributed by atoms with E-state index in [1.807, 2.05) is 28.9 Å². The number of rotatable bonds is 6. The van der Waals surface area contributed by atoms with Crippen LogP contribution in [0.15, 0.2) is 53.7 Å². The quantitative estimate of drug-likeness (QED) is 0.615. The third-order valence-corrected chi connectivity index (χ3v) is 6.34. The summed E-state index contributed by atoms with van der Waals surface area (Å²) in [5.41, 5.74) is 6.11. The maximum atomic E-state index is 13.5. The molecule has 0 saturated carbocycles. The van der Waals surface area contributed by atoms with Gasteiger partial charge in [0.15, 0.2) is 5.82 Å². The second kappa shape index (κ2) is 8.87. The molecule has 2 heterocycles. The third-order valence-electron chi connectivity index (χ3n) is 5.12. The van der Waals surface area contributed by atoms with E-state index in [1.54, 1.807) is 12.1 Å². The van der Waals surface area contributed by atoms with Crippen LogP contribution in [0.3, 0.4) is 0 Å². The summed E-state index contributed by atoms with van der Waals surface area (Å²) in [7, 11) is 0. The van der Waals surface area contributed by atoms with Crippen LogP contribution < -0.4 is 10.7 Å². The van der Waals surface area contributed by atoms with Crippen LogP contribution in [-0.4, -0.2) is 26.0 Å². The highest BCUT2D eigenvalue weighted by molar-refractivity contribution is 8.00. The lowest BCUT2D eigenvalue weighted by Crippen LogP contribution is -2.41. The lowest BCUT2D eigenvalue weighted by atomic mass is 10.0. The predicted molar refractivity (Wildman–Crippen MR) is 117 cm³/mol. The molecule has 4 rings (SSSR count). The average molecular weight is 426 g/mol. The second-order valence-corrected chi connectivity index (χ2v) is 8.29. The number of aryl methyl sites for hydroxylation is 2. The number of halogens is 1. The zero-order valence-electron chi connectivity index (χ0n) is 16.9. The van der Waals surface area contributed by atoms with Crippen LogP contribution in [0, 0.1) is 5.82 Å². The lowest BCUT2D eigenvalue weighted by Gasteiger charge is -2.33. The maximum absolute atomic E-state index is 13.5. The van der Waals surface area contributed by atoms with Gasteiger partial charge in [0.1, 0.15) is 11.1 Å². The van der Waals surface area contributed by atoms with Gasteiger partial charge in [-0.3, -0.25) is 4.79 Å². The molecule has 30 heavy (non-hydrogen) atoms. The SMILES string of the molecule is CCCc1nnc2n1N[C@@H](c1ccc(F)cc1)[C@H](C(=O)Nc1ccccc1CC)S2. The maximum Gasteiger partial charge on any atom is 0.240 e. The topological polar surface area (TPSA) is 71.8 Å². The van der Waals surface area contributed by atoms with Crippen molar-refractivity contribution < 1.29 is 9.18 Å². The zero-order chi connectivity index (χ0) is 21.1. The fourth-order valence-electron chi connectivity index (χ4n) is 3.56. The summed E-state index contributed by atoms with van der Waals surface area (Å²) in [5.74, 6) is 0.382. The molecule has 0 saturated heterocycles. The van der Waals surface area contributed by atoms with E-state index >= 15 is 0 Å². The normalized spacial score (nSPS) is 17.8. The van der Waals surface area contributed by atoms with E-state index in [9.17, 15) is 9.18 Å². The Bertz CT molecular complexity index is 1040. The molecule has 2 atom stereocenters. The van der Waals surface area contributed by atoms with Gasteiger partial charge in [-0.1, -0.05) is 55.9 Å². The van der Waals surface area contributed by atoms with Crippen LogP contribution in [0.4, 0.5) is 10.1 Å². The third kappa shape index (κ3) is 4.05. The van der Waals surface area contributed by atoms with Gasteiger partial charge in [-0.15, -0.1) is 10.2 Å². The molecule has 2 N–H and O–H groups in total. The number of fused-ring (bicyclic) bond motifs is 1. The molecule has 156 valence electrons. The van der Waals surface area contributed by atoms with Gasteiger partial charge in [0.05, 0.1) is 6.04 Å². The van der Waals surface area contributed by atoms with E-state index in [-0.39, 0.29) is 17.8 Å². The lowest BCUT2D eigenvalue weighted by molar-refractivity contribution is -0.116. The van der Waals surface area contributed by atoms with Gasteiger partial charge in [-0.25, -0.2) is 9.07 Å². The first-order chi connectivity index (χ1) is 14.6. The Morgan fingerprint density at radius 3 is 2.67 bits per heavy atom. The summed E-state index contributed by atoms with van der Waals surface area (Å²) in [4.78, 5) is 13.3. The number of anilines is 1. The number of nitrogens with zero attached hydrogens (tertiary/aromatic N) is 3. The van der Waals surface area contributed by atoms with Crippen LogP contribution in [-0.2, 0) is 17.6 Å². The van der Waals surface area contributed by atoms with Gasteiger partial charge in [0.2, 0.25) is 11.1 Å². The van der Waals surface area contributed by atoms with Crippen LogP contribution >= 0.6 is 11.8 Å². The van der Waals surface area contributed by atoms with Gasteiger partial charge in [0.25, 0.3) is 0 Å². The number of hydrogen-bond acceptors (Lipinski definition) is 5. The first kappa shape index (κ1) is 20.4. The Balaban J connectivity index is 1.67. The van der Waals surface area contributed by atoms with Crippen molar-refractivity contribution in [3.8, 4) is 0 Å².